The summed E-state index contributed by atoms with van der Waals surface area (Å²) in [6, 6.07) is 0. The van der Waals surface area contributed by atoms with Crippen molar-refractivity contribution in [3.05, 3.63) is 0 Å². The van der Waals surface area contributed by atoms with Crippen LogP contribution in [0.4, 0.5) is 48.3 Å². The van der Waals surface area contributed by atoms with Crippen LogP contribution >= 0.6 is 22.6 Å². The maximum atomic E-state index is 14.2. The van der Waals surface area contributed by atoms with Crippen molar-refractivity contribution in [3.63, 3.8) is 0 Å². The van der Waals surface area contributed by atoms with Crippen LogP contribution in [0.15, 0.2) is 0 Å². The second-order valence-corrected chi connectivity index (χ2v) is 6.61. The van der Waals surface area contributed by atoms with E-state index >= 15 is 0 Å². The maximum absolute atomic E-state index is 14.2. The fraction of sp³-hybridized carbons (Fsp3) is 1.00. The van der Waals surface area contributed by atoms with Gasteiger partial charge < -0.3 is 0 Å². The molecule has 1 aliphatic carbocycles. The van der Waals surface area contributed by atoms with Crippen LogP contribution in [0.3, 0.4) is 0 Å². The highest BCUT2D eigenvalue weighted by atomic mass is 127. The van der Waals surface area contributed by atoms with Gasteiger partial charge in [-0.05, 0) is 23.7 Å². The van der Waals surface area contributed by atoms with Crippen molar-refractivity contribution in [1.29, 1.82) is 0 Å². The Labute approximate surface area is 143 Å². The Balaban J connectivity index is 3.31. The van der Waals surface area contributed by atoms with Crippen molar-refractivity contribution in [2.75, 3.05) is 4.43 Å². The van der Waals surface area contributed by atoms with E-state index in [0.717, 1.165) is 0 Å². The Hall–Kier alpha value is -0.0400. The number of rotatable bonds is 6. The highest BCUT2D eigenvalue weighted by Gasteiger charge is 3.00. The molecule has 0 aromatic heterocycles. The van der Waals surface area contributed by atoms with Gasteiger partial charge in [0.15, 0.2) is 0 Å². The highest BCUT2D eigenvalue weighted by molar-refractivity contribution is 14.1. The molecule has 24 heavy (non-hydrogen) atoms. The molecular formula is C12H12F11I. The molecule has 12 heteroatoms. The van der Waals surface area contributed by atoms with E-state index in [1.165, 1.54) is 0 Å². The molecule has 144 valence electrons. The van der Waals surface area contributed by atoms with Crippen molar-refractivity contribution in [3.8, 4) is 0 Å². The SMILES string of the molecule is FC1(F)C(F)(F)C(F)(F)C(F)(CCCCCCI)C(F)(F)C1(F)F. The molecule has 0 aliphatic heterocycles. The van der Waals surface area contributed by atoms with Crippen LogP contribution in [0.5, 0.6) is 0 Å². The van der Waals surface area contributed by atoms with E-state index in [9.17, 15) is 48.3 Å². The summed E-state index contributed by atoms with van der Waals surface area (Å²) < 4.78 is 147. The summed E-state index contributed by atoms with van der Waals surface area (Å²) in [5.41, 5.74) is -5.81. The second kappa shape index (κ2) is 6.29. The fourth-order valence-electron chi connectivity index (χ4n) is 2.42. The largest absolute Gasteiger partial charge is 0.384 e. The molecule has 0 aromatic carbocycles. The summed E-state index contributed by atoms with van der Waals surface area (Å²) in [4.78, 5) is 0. The Morgan fingerprint density at radius 2 is 0.792 bits per heavy atom. The molecule has 0 heterocycles. The van der Waals surface area contributed by atoms with Crippen LogP contribution in [0.1, 0.15) is 32.1 Å². The van der Waals surface area contributed by atoms with E-state index in [4.69, 9.17) is 0 Å². The van der Waals surface area contributed by atoms with Crippen LogP contribution in [-0.2, 0) is 0 Å². The third-order valence-electron chi connectivity index (χ3n) is 3.98. The van der Waals surface area contributed by atoms with Gasteiger partial charge in [0.2, 0.25) is 5.67 Å². The molecule has 1 aliphatic rings. The molecule has 0 amide bonds. The van der Waals surface area contributed by atoms with Gasteiger partial charge in [-0.25, -0.2) is 4.39 Å². The van der Waals surface area contributed by atoms with Crippen molar-refractivity contribution in [2.24, 2.45) is 0 Å². The summed E-state index contributed by atoms with van der Waals surface area (Å²) in [6.45, 7) is 0. The smallest absolute Gasteiger partial charge is 0.230 e. The zero-order valence-corrected chi connectivity index (χ0v) is 13.9. The van der Waals surface area contributed by atoms with Crippen LogP contribution in [0.2, 0.25) is 0 Å². The summed E-state index contributed by atoms with van der Waals surface area (Å²) >= 11 is 1.91. The molecule has 1 saturated carbocycles. The monoisotopic (exact) mass is 492 g/mol. The Morgan fingerprint density at radius 1 is 0.458 bits per heavy atom. The van der Waals surface area contributed by atoms with Gasteiger partial charge in [-0.2, -0.15) is 43.9 Å². The first-order chi connectivity index (χ1) is 10.6. The lowest BCUT2D eigenvalue weighted by Gasteiger charge is -2.52. The molecule has 0 aromatic rings. The summed E-state index contributed by atoms with van der Waals surface area (Å²) in [5, 5.41) is 0. The number of unbranched alkanes of at least 4 members (excludes halogenated alkanes) is 3. The molecule has 0 atom stereocenters. The number of alkyl halides is 12. The Morgan fingerprint density at radius 3 is 1.17 bits per heavy atom. The van der Waals surface area contributed by atoms with Crippen molar-refractivity contribution >= 4 is 22.6 Å². The predicted molar refractivity (Wildman–Crippen MR) is 70.5 cm³/mol. The van der Waals surface area contributed by atoms with E-state index in [-0.39, 0.29) is 12.8 Å². The van der Waals surface area contributed by atoms with Gasteiger partial charge in [0, 0.05) is 0 Å². The van der Waals surface area contributed by atoms with Crippen LogP contribution in [-0.4, -0.2) is 39.7 Å². The minimum atomic E-state index is -7.12. The van der Waals surface area contributed by atoms with Gasteiger partial charge >= 0.3 is 29.6 Å². The highest BCUT2D eigenvalue weighted by Crippen LogP contribution is 2.70. The van der Waals surface area contributed by atoms with Gasteiger partial charge in [0.1, 0.15) is 0 Å². The molecule has 0 bridgehead atoms. The Kier molecular flexibility index (Phi) is 5.77. The first kappa shape index (κ1) is 22.0. The number of hydrogen-bond acceptors (Lipinski definition) is 0. The quantitative estimate of drug-likeness (QED) is 0.178. The van der Waals surface area contributed by atoms with E-state index in [0.29, 0.717) is 10.8 Å². The minimum absolute atomic E-state index is 0.186. The van der Waals surface area contributed by atoms with Crippen molar-refractivity contribution in [2.45, 2.75) is 67.4 Å². The zero-order chi connectivity index (χ0) is 19.2. The normalized spacial score (nSPS) is 28.5. The first-order valence-corrected chi connectivity index (χ1v) is 8.23. The minimum Gasteiger partial charge on any atom is -0.230 e. The molecule has 0 spiro atoms. The number of halogens is 12. The average molecular weight is 492 g/mol. The molecule has 0 N–H and O–H groups in total. The lowest BCUT2D eigenvalue weighted by atomic mass is 9.70. The average Bonchev–Trinajstić information content (AvgIpc) is 2.44. The Bertz CT molecular complexity index is 430. The maximum Gasteiger partial charge on any atom is 0.384 e. The lowest BCUT2D eigenvalue weighted by molar-refractivity contribution is -0.485. The predicted octanol–water partition coefficient (Wildman–Crippen LogP) is 6.27. The molecule has 0 unspecified atom stereocenters. The lowest BCUT2D eigenvalue weighted by Crippen LogP contribution is -2.83. The van der Waals surface area contributed by atoms with Crippen LogP contribution in [0, 0.1) is 0 Å². The van der Waals surface area contributed by atoms with Crippen LogP contribution < -0.4 is 0 Å². The van der Waals surface area contributed by atoms with E-state index in [1.54, 1.807) is 0 Å². The third-order valence-corrected chi connectivity index (χ3v) is 4.74. The standard InChI is InChI=1S/C12H12F11I/c13-7(5-3-1-2-4-6-24)8(14,15)10(18,19)12(22,23)11(20,21)9(7,16)17/h1-6H2. The summed E-state index contributed by atoms with van der Waals surface area (Å²) in [5.74, 6) is -34.5. The van der Waals surface area contributed by atoms with E-state index < -0.39 is 48.1 Å². The zero-order valence-electron chi connectivity index (χ0n) is 11.8. The van der Waals surface area contributed by atoms with Gasteiger partial charge in [-0.3, -0.25) is 0 Å². The fourth-order valence-corrected chi connectivity index (χ4v) is 2.96. The molecule has 0 saturated heterocycles. The summed E-state index contributed by atoms with van der Waals surface area (Å²) in [7, 11) is 0. The van der Waals surface area contributed by atoms with Crippen LogP contribution in [0.25, 0.3) is 0 Å². The topological polar surface area (TPSA) is 0 Å². The first-order valence-electron chi connectivity index (χ1n) is 6.70. The molecule has 0 radical (unpaired) electrons. The van der Waals surface area contributed by atoms with Gasteiger partial charge in [0.25, 0.3) is 0 Å². The van der Waals surface area contributed by atoms with Gasteiger partial charge in [-0.1, -0.05) is 35.4 Å². The third kappa shape index (κ3) is 2.51. The molecule has 0 nitrogen and oxygen atoms in total. The number of hydrogen-bond donors (Lipinski definition) is 0. The molecular weight excluding hydrogens is 480 g/mol. The molecule has 1 rings (SSSR count). The van der Waals surface area contributed by atoms with Crippen molar-refractivity contribution in [1.82, 2.24) is 0 Å². The van der Waals surface area contributed by atoms with E-state index in [2.05, 4.69) is 0 Å². The van der Waals surface area contributed by atoms with Gasteiger partial charge in [0.05, 0.1) is 0 Å². The second-order valence-electron chi connectivity index (χ2n) is 5.53. The van der Waals surface area contributed by atoms with E-state index in [1.807, 2.05) is 22.6 Å². The summed E-state index contributed by atoms with van der Waals surface area (Å²) in [6.07, 6.45) is -2.46. The molecule has 1 fully saturated rings. The van der Waals surface area contributed by atoms with Crippen molar-refractivity contribution < 1.29 is 48.3 Å². The van der Waals surface area contributed by atoms with Gasteiger partial charge in [-0.15, -0.1) is 0 Å².